The molecular formula is C12H20ClN3O2S. The number of hydrogen-bond donors (Lipinski definition) is 0. The first-order chi connectivity index (χ1) is 8.98. The van der Waals surface area contributed by atoms with Crippen LogP contribution in [0.2, 0.25) is 0 Å². The Balaban J connectivity index is 2.54. The van der Waals surface area contributed by atoms with E-state index in [9.17, 15) is 8.42 Å². The molecule has 1 aromatic heterocycles. The maximum Gasteiger partial charge on any atom is 0.281 e. The fourth-order valence-corrected chi connectivity index (χ4v) is 2.85. The Kier molecular flexibility index (Phi) is 6.71. The maximum atomic E-state index is 12.1. The van der Waals surface area contributed by atoms with Crippen LogP contribution in [-0.4, -0.2) is 55.1 Å². The predicted octanol–water partition coefficient (Wildman–Crippen LogP) is 1.36. The van der Waals surface area contributed by atoms with Crippen molar-refractivity contribution in [3.63, 3.8) is 0 Å². The lowest BCUT2D eigenvalue weighted by atomic mass is 10.3. The van der Waals surface area contributed by atoms with Gasteiger partial charge in [0.05, 0.1) is 0 Å². The van der Waals surface area contributed by atoms with Crippen LogP contribution in [0.1, 0.15) is 12.1 Å². The fourth-order valence-electron chi connectivity index (χ4n) is 1.57. The second-order valence-electron chi connectivity index (χ2n) is 4.26. The average Bonchev–Trinajstić information content (AvgIpc) is 2.42. The Bertz CT molecular complexity index is 467. The van der Waals surface area contributed by atoms with Gasteiger partial charge < -0.3 is 0 Å². The number of alkyl halides is 1. The van der Waals surface area contributed by atoms with E-state index >= 15 is 0 Å². The number of rotatable bonds is 8. The highest BCUT2D eigenvalue weighted by Gasteiger charge is 2.22. The molecular weight excluding hydrogens is 286 g/mol. The number of pyridine rings is 1. The SMILES string of the molecule is CN(CCCCl)S(=O)(=O)N(C)CCc1ccccn1. The lowest BCUT2D eigenvalue weighted by Crippen LogP contribution is -2.41. The van der Waals surface area contributed by atoms with E-state index in [2.05, 4.69) is 4.98 Å². The van der Waals surface area contributed by atoms with Crippen molar-refractivity contribution in [1.82, 2.24) is 13.6 Å². The van der Waals surface area contributed by atoms with Gasteiger partial charge in [-0.15, -0.1) is 11.6 Å². The third-order valence-corrected chi connectivity index (χ3v) is 5.01. The van der Waals surface area contributed by atoms with E-state index in [0.29, 0.717) is 31.8 Å². The summed E-state index contributed by atoms with van der Waals surface area (Å²) in [5, 5.41) is 0. The third kappa shape index (κ3) is 5.06. The summed E-state index contributed by atoms with van der Waals surface area (Å²) in [5.74, 6) is 0.456. The molecule has 19 heavy (non-hydrogen) atoms. The number of hydrogen-bond acceptors (Lipinski definition) is 3. The molecule has 0 amide bonds. The summed E-state index contributed by atoms with van der Waals surface area (Å²) in [7, 11) is -0.254. The van der Waals surface area contributed by atoms with Crippen LogP contribution >= 0.6 is 11.6 Å². The van der Waals surface area contributed by atoms with Crippen LogP contribution < -0.4 is 0 Å². The van der Waals surface area contributed by atoms with Gasteiger partial charge in [-0.2, -0.15) is 17.0 Å². The van der Waals surface area contributed by atoms with E-state index in [1.807, 2.05) is 18.2 Å². The Hall–Kier alpha value is -0.690. The van der Waals surface area contributed by atoms with Crippen molar-refractivity contribution < 1.29 is 8.42 Å². The van der Waals surface area contributed by atoms with Crippen LogP contribution in [0, 0.1) is 0 Å². The van der Waals surface area contributed by atoms with E-state index in [-0.39, 0.29) is 0 Å². The standard InChI is InChI=1S/C12H20ClN3O2S/c1-15(10-5-8-13)19(17,18)16(2)11-7-12-6-3-4-9-14-12/h3-4,6,9H,5,7-8,10-11H2,1-2H3. The van der Waals surface area contributed by atoms with Crippen LogP contribution in [0.5, 0.6) is 0 Å². The van der Waals surface area contributed by atoms with Crippen LogP contribution in [-0.2, 0) is 16.6 Å². The number of nitrogens with zero attached hydrogens (tertiary/aromatic N) is 3. The summed E-state index contributed by atoms with van der Waals surface area (Å²) in [6.45, 7) is 0.838. The topological polar surface area (TPSA) is 53.5 Å². The van der Waals surface area contributed by atoms with Gasteiger partial charge >= 0.3 is 0 Å². The van der Waals surface area contributed by atoms with Gasteiger partial charge in [-0.3, -0.25) is 4.98 Å². The van der Waals surface area contributed by atoms with Gasteiger partial charge in [-0.05, 0) is 18.6 Å². The van der Waals surface area contributed by atoms with E-state index in [0.717, 1.165) is 5.69 Å². The molecule has 0 aliphatic carbocycles. The summed E-state index contributed by atoms with van der Waals surface area (Å²) in [6.07, 6.45) is 2.95. The second-order valence-corrected chi connectivity index (χ2v) is 6.78. The fraction of sp³-hybridized carbons (Fsp3) is 0.583. The summed E-state index contributed by atoms with van der Waals surface area (Å²) in [4.78, 5) is 4.17. The van der Waals surface area contributed by atoms with E-state index in [1.54, 1.807) is 20.3 Å². The molecule has 0 bridgehead atoms. The minimum Gasteiger partial charge on any atom is -0.261 e. The smallest absolute Gasteiger partial charge is 0.261 e. The molecule has 5 nitrogen and oxygen atoms in total. The lowest BCUT2D eigenvalue weighted by molar-refractivity contribution is 0.393. The molecule has 0 aliphatic rings. The Morgan fingerprint density at radius 3 is 2.47 bits per heavy atom. The molecule has 1 heterocycles. The Morgan fingerprint density at radius 2 is 1.89 bits per heavy atom. The summed E-state index contributed by atoms with van der Waals surface area (Å²) in [6, 6.07) is 5.62. The van der Waals surface area contributed by atoms with Crippen molar-refractivity contribution in [2.24, 2.45) is 0 Å². The van der Waals surface area contributed by atoms with Gasteiger partial charge in [-0.1, -0.05) is 6.07 Å². The molecule has 0 aliphatic heterocycles. The highest BCUT2D eigenvalue weighted by Crippen LogP contribution is 2.06. The van der Waals surface area contributed by atoms with Crippen molar-refractivity contribution in [3.8, 4) is 0 Å². The zero-order valence-corrected chi connectivity index (χ0v) is 12.9. The number of aromatic nitrogens is 1. The molecule has 0 radical (unpaired) electrons. The molecule has 0 atom stereocenters. The zero-order chi connectivity index (χ0) is 14.3. The molecule has 0 spiro atoms. The number of halogens is 1. The molecule has 0 fully saturated rings. The molecule has 1 rings (SSSR count). The van der Waals surface area contributed by atoms with E-state index in [1.165, 1.54) is 8.61 Å². The van der Waals surface area contributed by atoms with Crippen molar-refractivity contribution >= 4 is 21.8 Å². The van der Waals surface area contributed by atoms with Crippen LogP contribution in [0.3, 0.4) is 0 Å². The van der Waals surface area contributed by atoms with E-state index < -0.39 is 10.2 Å². The first kappa shape index (κ1) is 16.4. The maximum absolute atomic E-state index is 12.1. The predicted molar refractivity (Wildman–Crippen MR) is 77.5 cm³/mol. The highest BCUT2D eigenvalue weighted by atomic mass is 35.5. The normalized spacial score (nSPS) is 12.3. The minimum absolute atomic E-state index is 0.407. The van der Waals surface area contributed by atoms with Gasteiger partial charge in [0.25, 0.3) is 10.2 Å². The van der Waals surface area contributed by atoms with Crippen molar-refractivity contribution in [1.29, 1.82) is 0 Å². The first-order valence-corrected chi connectivity index (χ1v) is 8.05. The summed E-state index contributed by atoms with van der Waals surface area (Å²) < 4.78 is 27.0. The van der Waals surface area contributed by atoms with Crippen LogP contribution in [0.25, 0.3) is 0 Å². The minimum atomic E-state index is -3.40. The summed E-state index contributed by atoms with van der Waals surface area (Å²) >= 11 is 5.57. The molecule has 0 saturated carbocycles. The quantitative estimate of drug-likeness (QED) is 0.682. The first-order valence-electron chi connectivity index (χ1n) is 6.12. The van der Waals surface area contributed by atoms with Crippen LogP contribution in [0.15, 0.2) is 24.4 Å². The lowest BCUT2D eigenvalue weighted by Gasteiger charge is -2.24. The Morgan fingerprint density at radius 1 is 1.21 bits per heavy atom. The third-order valence-electron chi connectivity index (χ3n) is 2.80. The van der Waals surface area contributed by atoms with Gasteiger partial charge in [0, 0.05) is 51.4 Å². The van der Waals surface area contributed by atoms with Gasteiger partial charge in [-0.25, -0.2) is 0 Å². The molecule has 0 N–H and O–H groups in total. The summed E-state index contributed by atoms with van der Waals surface area (Å²) in [5.41, 5.74) is 0.882. The monoisotopic (exact) mass is 305 g/mol. The van der Waals surface area contributed by atoms with Crippen molar-refractivity contribution in [2.45, 2.75) is 12.8 Å². The Labute approximate surface area is 120 Å². The van der Waals surface area contributed by atoms with Gasteiger partial charge in [0.2, 0.25) is 0 Å². The number of likely N-dealkylation sites (N-methyl/N-ethyl adjacent to an activating group) is 1. The average molecular weight is 306 g/mol. The van der Waals surface area contributed by atoms with Gasteiger partial charge in [0.15, 0.2) is 0 Å². The van der Waals surface area contributed by atoms with Crippen LogP contribution in [0.4, 0.5) is 0 Å². The van der Waals surface area contributed by atoms with Crippen molar-refractivity contribution in [3.05, 3.63) is 30.1 Å². The molecule has 0 saturated heterocycles. The molecule has 7 heteroatoms. The van der Waals surface area contributed by atoms with Crippen molar-refractivity contribution in [2.75, 3.05) is 33.1 Å². The molecule has 108 valence electrons. The second kappa shape index (κ2) is 7.79. The molecule has 0 aromatic carbocycles. The molecule has 0 unspecified atom stereocenters. The zero-order valence-electron chi connectivity index (χ0n) is 11.3. The van der Waals surface area contributed by atoms with E-state index in [4.69, 9.17) is 11.6 Å². The molecule has 1 aromatic rings. The highest BCUT2D eigenvalue weighted by molar-refractivity contribution is 7.86. The largest absolute Gasteiger partial charge is 0.281 e. The van der Waals surface area contributed by atoms with Gasteiger partial charge in [0.1, 0.15) is 0 Å².